The van der Waals surface area contributed by atoms with Crippen LogP contribution in [0.5, 0.6) is 11.5 Å². The molecular formula is C20H22N2O4. The largest absolute Gasteiger partial charge is 0.497 e. The van der Waals surface area contributed by atoms with Crippen LogP contribution in [-0.2, 0) is 17.8 Å². The molecule has 136 valence electrons. The number of carbonyl (C=O) groups is 2. The number of benzene rings is 2. The molecule has 6 heteroatoms. The molecule has 0 unspecified atom stereocenters. The summed E-state index contributed by atoms with van der Waals surface area (Å²) in [6.07, 6.45) is 0.803. The lowest BCUT2D eigenvalue weighted by Crippen LogP contribution is -2.42. The van der Waals surface area contributed by atoms with Crippen LogP contribution < -0.4 is 14.8 Å². The molecule has 2 amide bonds. The van der Waals surface area contributed by atoms with Crippen LogP contribution in [0.15, 0.2) is 42.5 Å². The monoisotopic (exact) mass is 354 g/mol. The Morgan fingerprint density at radius 3 is 2.38 bits per heavy atom. The first-order valence-electron chi connectivity index (χ1n) is 8.46. The molecular weight excluding hydrogens is 332 g/mol. The molecule has 0 saturated heterocycles. The highest BCUT2D eigenvalue weighted by atomic mass is 16.5. The highest BCUT2D eigenvalue weighted by Crippen LogP contribution is 2.23. The van der Waals surface area contributed by atoms with Crippen LogP contribution in [-0.4, -0.2) is 44.0 Å². The first-order chi connectivity index (χ1) is 12.6. The van der Waals surface area contributed by atoms with Crippen molar-refractivity contribution in [1.29, 1.82) is 0 Å². The van der Waals surface area contributed by atoms with Gasteiger partial charge in [-0.15, -0.1) is 0 Å². The Kier molecular flexibility index (Phi) is 5.41. The Morgan fingerprint density at radius 1 is 1.00 bits per heavy atom. The maximum atomic E-state index is 12.5. The van der Waals surface area contributed by atoms with E-state index < -0.39 is 0 Å². The predicted molar refractivity (Wildman–Crippen MR) is 97.4 cm³/mol. The van der Waals surface area contributed by atoms with E-state index in [-0.39, 0.29) is 18.4 Å². The van der Waals surface area contributed by atoms with Gasteiger partial charge in [0.1, 0.15) is 11.5 Å². The molecule has 2 aromatic carbocycles. The van der Waals surface area contributed by atoms with Gasteiger partial charge in [0.05, 0.1) is 20.8 Å². The first kappa shape index (κ1) is 17.8. The SMILES string of the molecule is COc1ccc(C(=O)NCC(=O)N2CCc3ccc(OC)cc3C2)cc1. The molecule has 1 N–H and O–H groups in total. The zero-order valence-electron chi connectivity index (χ0n) is 15.0. The van der Waals surface area contributed by atoms with Crippen molar-refractivity contribution in [3.05, 3.63) is 59.2 Å². The Bertz CT molecular complexity index is 802. The number of rotatable bonds is 5. The van der Waals surface area contributed by atoms with Crippen molar-refractivity contribution in [3.63, 3.8) is 0 Å². The van der Waals surface area contributed by atoms with Crippen LogP contribution in [0.1, 0.15) is 21.5 Å². The number of carbonyl (C=O) groups excluding carboxylic acids is 2. The Balaban J connectivity index is 1.57. The third-order valence-electron chi connectivity index (χ3n) is 4.53. The number of nitrogens with zero attached hydrogens (tertiary/aromatic N) is 1. The minimum Gasteiger partial charge on any atom is -0.497 e. The van der Waals surface area contributed by atoms with Gasteiger partial charge in [0.2, 0.25) is 5.91 Å². The lowest BCUT2D eigenvalue weighted by Gasteiger charge is -2.29. The smallest absolute Gasteiger partial charge is 0.251 e. The van der Waals surface area contributed by atoms with Crippen LogP contribution in [0.25, 0.3) is 0 Å². The van der Waals surface area contributed by atoms with Crippen LogP contribution >= 0.6 is 0 Å². The maximum absolute atomic E-state index is 12.5. The van der Waals surface area contributed by atoms with Gasteiger partial charge in [0.25, 0.3) is 5.91 Å². The van der Waals surface area contributed by atoms with Crippen LogP contribution in [0.3, 0.4) is 0 Å². The topological polar surface area (TPSA) is 67.9 Å². The van der Waals surface area contributed by atoms with Gasteiger partial charge < -0.3 is 19.7 Å². The molecule has 1 aliphatic rings. The normalized spacial score (nSPS) is 12.9. The van der Waals surface area contributed by atoms with E-state index in [1.807, 2.05) is 18.2 Å². The van der Waals surface area contributed by atoms with E-state index >= 15 is 0 Å². The maximum Gasteiger partial charge on any atom is 0.251 e. The van der Waals surface area contributed by atoms with Crippen LogP contribution in [0, 0.1) is 0 Å². The lowest BCUT2D eigenvalue weighted by atomic mass is 9.99. The van der Waals surface area contributed by atoms with E-state index in [9.17, 15) is 9.59 Å². The Morgan fingerprint density at radius 2 is 1.69 bits per heavy atom. The molecule has 0 aliphatic carbocycles. The molecule has 6 nitrogen and oxygen atoms in total. The zero-order chi connectivity index (χ0) is 18.5. The van der Waals surface area contributed by atoms with E-state index in [0.29, 0.717) is 24.4 Å². The number of amides is 2. The lowest BCUT2D eigenvalue weighted by molar-refractivity contribution is -0.131. The summed E-state index contributed by atoms with van der Waals surface area (Å²) in [5, 5.41) is 2.68. The van der Waals surface area contributed by atoms with Gasteiger partial charge in [-0.2, -0.15) is 0 Å². The second-order valence-electron chi connectivity index (χ2n) is 6.11. The second kappa shape index (κ2) is 7.91. The third-order valence-corrected chi connectivity index (χ3v) is 4.53. The molecule has 0 aromatic heterocycles. The molecule has 0 spiro atoms. The summed E-state index contributed by atoms with van der Waals surface area (Å²) in [4.78, 5) is 26.4. The fourth-order valence-electron chi connectivity index (χ4n) is 2.99. The molecule has 1 aliphatic heterocycles. The van der Waals surface area contributed by atoms with Crippen molar-refractivity contribution < 1.29 is 19.1 Å². The van der Waals surface area contributed by atoms with Gasteiger partial charge in [-0.1, -0.05) is 6.07 Å². The minimum atomic E-state index is -0.278. The Labute approximate surface area is 152 Å². The van der Waals surface area contributed by atoms with Crippen molar-refractivity contribution >= 4 is 11.8 Å². The quantitative estimate of drug-likeness (QED) is 0.892. The molecule has 3 rings (SSSR count). The molecule has 0 bridgehead atoms. The van der Waals surface area contributed by atoms with Crippen LogP contribution in [0.4, 0.5) is 0 Å². The van der Waals surface area contributed by atoms with Gasteiger partial charge in [-0.25, -0.2) is 0 Å². The number of methoxy groups -OCH3 is 2. The highest BCUT2D eigenvalue weighted by Gasteiger charge is 2.21. The highest BCUT2D eigenvalue weighted by molar-refractivity contribution is 5.96. The standard InChI is InChI=1S/C20H22N2O4/c1-25-17-6-4-15(5-7-17)20(24)21-12-19(23)22-10-9-14-3-8-18(26-2)11-16(14)13-22/h3-8,11H,9-10,12-13H2,1-2H3,(H,21,24). The summed E-state index contributed by atoms with van der Waals surface area (Å²) >= 11 is 0. The average molecular weight is 354 g/mol. The van der Waals surface area contributed by atoms with Gasteiger partial charge in [0, 0.05) is 18.7 Å². The minimum absolute atomic E-state index is 0.0236. The number of nitrogens with one attached hydrogen (secondary N) is 1. The van der Waals surface area contributed by atoms with Gasteiger partial charge in [-0.05, 0) is 53.9 Å². The molecule has 0 saturated carbocycles. The van der Waals surface area contributed by atoms with E-state index in [1.165, 1.54) is 5.56 Å². The van der Waals surface area contributed by atoms with Crippen molar-refractivity contribution in [2.24, 2.45) is 0 Å². The van der Waals surface area contributed by atoms with Crippen molar-refractivity contribution in [1.82, 2.24) is 10.2 Å². The van der Waals surface area contributed by atoms with Crippen LogP contribution in [0.2, 0.25) is 0 Å². The Hall–Kier alpha value is -3.02. The fourth-order valence-corrected chi connectivity index (χ4v) is 2.99. The third kappa shape index (κ3) is 3.96. The molecule has 1 heterocycles. The van der Waals surface area contributed by atoms with Gasteiger partial charge in [-0.3, -0.25) is 9.59 Å². The fraction of sp³-hybridized carbons (Fsp3) is 0.300. The average Bonchev–Trinajstić information content (AvgIpc) is 2.70. The van der Waals surface area contributed by atoms with Crippen molar-refractivity contribution in [2.75, 3.05) is 27.3 Å². The molecule has 26 heavy (non-hydrogen) atoms. The number of ether oxygens (including phenoxy) is 2. The summed E-state index contributed by atoms with van der Waals surface area (Å²) in [7, 11) is 3.20. The number of hydrogen-bond donors (Lipinski definition) is 1. The van der Waals surface area contributed by atoms with E-state index in [0.717, 1.165) is 17.7 Å². The second-order valence-corrected chi connectivity index (χ2v) is 6.11. The summed E-state index contributed by atoms with van der Waals surface area (Å²) < 4.78 is 10.3. The summed E-state index contributed by atoms with van der Waals surface area (Å²) in [5.41, 5.74) is 2.81. The number of fused-ring (bicyclic) bond motifs is 1. The van der Waals surface area contributed by atoms with Crippen molar-refractivity contribution in [3.8, 4) is 11.5 Å². The van der Waals surface area contributed by atoms with Gasteiger partial charge >= 0.3 is 0 Å². The van der Waals surface area contributed by atoms with Crippen molar-refractivity contribution in [2.45, 2.75) is 13.0 Å². The molecule has 0 radical (unpaired) electrons. The summed E-state index contributed by atoms with van der Waals surface area (Å²) in [5.74, 6) is 1.09. The zero-order valence-corrected chi connectivity index (χ0v) is 15.0. The summed E-state index contributed by atoms with van der Waals surface area (Å²) in [6.45, 7) is 1.16. The van der Waals surface area contributed by atoms with E-state index in [2.05, 4.69) is 5.32 Å². The number of hydrogen-bond acceptors (Lipinski definition) is 4. The predicted octanol–water partition coefficient (Wildman–Crippen LogP) is 2.02. The summed E-state index contributed by atoms with van der Waals surface area (Å²) in [6, 6.07) is 12.7. The first-order valence-corrected chi connectivity index (χ1v) is 8.46. The van der Waals surface area contributed by atoms with Gasteiger partial charge in [0.15, 0.2) is 0 Å². The molecule has 2 aromatic rings. The molecule has 0 fully saturated rings. The van der Waals surface area contributed by atoms with E-state index in [1.54, 1.807) is 43.4 Å². The van der Waals surface area contributed by atoms with E-state index in [4.69, 9.17) is 9.47 Å². The molecule has 0 atom stereocenters.